The molecule has 3 heterocycles. The van der Waals surface area contributed by atoms with Gasteiger partial charge in [-0.3, -0.25) is 9.59 Å². The van der Waals surface area contributed by atoms with E-state index < -0.39 is 5.54 Å². The van der Waals surface area contributed by atoms with Crippen LogP contribution in [0.4, 0.5) is 5.69 Å². The van der Waals surface area contributed by atoms with E-state index in [1.165, 1.54) is 11.3 Å². The zero-order valence-corrected chi connectivity index (χ0v) is 25.1. The molecule has 4 atom stereocenters. The summed E-state index contributed by atoms with van der Waals surface area (Å²) in [4.78, 5) is 31.8. The van der Waals surface area contributed by atoms with Gasteiger partial charge in [-0.2, -0.15) is 0 Å². The fraction of sp³-hybridized carbons (Fsp3) is 0.273. The summed E-state index contributed by atoms with van der Waals surface area (Å²) >= 11 is 14.0. The Morgan fingerprint density at radius 1 is 0.976 bits per heavy atom. The molecule has 1 aromatic heterocycles. The van der Waals surface area contributed by atoms with Crippen LogP contribution in [0.15, 0.2) is 72.1 Å². The number of rotatable bonds is 4. The number of aliphatic hydroxyl groups excluding tert-OH is 1. The third-order valence-electron chi connectivity index (χ3n) is 9.18. The van der Waals surface area contributed by atoms with Crippen molar-refractivity contribution in [3.05, 3.63) is 99.3 Å². The summed E-state index contributed by atoms with van der Waals surface area (Å²) in [5.41, 5.74) is 2.99. The number of phenolic OH excluding ortho intramolecular Hbond substituents is 1. The summed E-state index contributed by atoms with van der Waals surface area (Å²) in [7, 11) is 0. The number of anilines is 1. The van der Waals surface area contributed by atoms with E-state index in [1.807, 2.05) is 55.5 Å². The Morgan fingerprint density at radius 2 is 1.71 bits per heavy atom. The normalized spacial score (nSPS) is 24.4. The molecule has 214 valence electrons. The molecule has 0 saturated carbocycles. The third-order valence-corrected chi connectivity index (χ3v) is 10.9. The molecule has 0 spiro atoms. The fourth-order valence-electron chi connectivity index (χ4n) is 7.31. The van der Waals surface area contributed by atoms with E-state index in [0.29, 0.717) is 41.0 Å². The quantitative estimate of drug-likeness (QED) is 0.234. The van der Waals surface area contributed by atoms with Gasteiger partial charge in [-0.1, -0.05) is 48.5 Å². The van der Waals surface area contributed by atoms with E-state index in [0.717, 1.165) is 27.5 Å². The minimum atomic E-state index is -0.777. The Morgan fingerprint density at radius 3 is 2.48 bits per heavy atom. The summed E-state index contributed by atoms with van der Waals surface area (Å²) in [6, 6.07) is 18.6. The number of nitrogens with zero attached hydrogens (tertiary/aromatic N) is 2. The molecule has 9 heteroatoms. The van der Waals surface area contributed by atoms with Gasteiger partial charge in [0.2, 0.25) is 0 Å². The molecular formula is C33H28Cl2N2O4S. The first kappa shape index (κ1) is 27.3. The predicted octanol–water partition coefficient (Wildman–Crippen LogP) is 7.36. The van der Waals surface area contributed by atoms with Crippen LogP contribution in [-0.4, -0.2) is 57.3 Å². The van der Waals surface area contributed by atoms with Crippen LogP contribution in [0.1, 0.15) is 55.5 Å². The van der Waals surface area contributed by atoms with E-state index >= 15 is 0 Å². The number of benzene rings is 3. The Labute approximate surface area is 257 Å². The Kier molecular flexibility index (Phi) is 6.53. The van der Waals surface area contributed by atoms with Crippen molar-refractivity contribution in [1.29, 1.82) is 0 Å². The molecule has 1 aliphatic carbocycles. The molecule has 3 aromatic carbocycles. The summed E-state index contributed by atoms with van der Waals surface area (Å²) < 4.78 is 0. The summed E-state index contributed by atoms with van der Waals surface area (Å²) in [6.45, 7) is 2.79. The van der Waals surface area contributed by atoms with Gasteiger partial charge >= 0.3 is 0 Å². The number of aromatic hydroxyl groups is 1. The van der Waals surface area contributed by atoms with Crippen molar-refractivity contribution in [2.75, 3.05) is 29.7 Å². The highest BCUT2D eigenvalue weighted by molar-refractivity contribution is 7.12. The number of carbonyl (C=O) groups is 2. The maximum atomic E-state index is 14.0. The van der Waals surface area contributed by atoms with Crippen molar-refractivity contribution < 1.29 is 19.8 Å². The molecule has 2 amide bonds. The number of likely N-dealkylation sites (tertiary alicyclic amines) is 1. The highest BCUT2D eigenvalue weighted by Crippen LogP contribution is 2.53. The molecule has 0 radical (unpaired) electrons. The van der Waals surface area contributed by atoms with Crippen molar-refractivity contribution in [3.63, 3.8) is 0 Å². The average Bonchev–Trinajstić information content (AvgIpc) is 3.71. The van der Waals surface area contributed by atoms with E-state index in [-0.39, 0.29) is 41.1 Å². The number of aliphatic hydroxyl groups is 1. The SMILES string of the molecule is CC12C=C(O)c3ccccc3C1[C@H](CCl)CN2C(=O)c1csc(C(=O)N2C[C@@H](CCl)c3c2cc(O)c2ccccc32)c1. The fourth-order valence-corrected chi connectivity index (χ4v) is 8.66. The number of alkyl halides is 2. The minimum absolute atomic E-state index is 0.00180. The van der Waals surface area contributed by atoms with Crippen molar-refractivity contribution in [2.45, 2.75) is 24.3 Å². The van der Waals surface area contributed by atoms with Crippen LogP contribution in [0.5, 0.6) is 5.75 Å². The van der Waals surface area contributed by atoms with Crippen LogP contribution in [0.25, 0.3) is 16.5 Å². The maximum absolute atomic E-state index is 14.0. The molecule has 6 nitrogen and oxygen atoms in total. The van der Waals surface area contributed by atoms with E-state index in [1.54, 1.807) is 33.4 Å². The van der Waals surface area contributed by atoms with Gasteiger partial charge in [-0.05, 0) is 41.5 Å². The minimum Gasteiger partial charge on any atom is -0.508 e. The highest BCUT2D eigenvalue weighted by atomic mass is 35.5. The van der Waals surface area contributed by atoms with Crippen LogP contribution in [0, 0.1) is 5.92 Å². The van der Waals surface area contributed by atoms with Crippen LogP contribution >= 0.6 is 34.5 Å². The first-order valence-corrected chi connectivity index (χ1v) is 15.8. The molecular weight excluding hydrogens is 591 g/mol. The molecule has 2 unspecified atom stereocenters. The van der Waals surface area contributed by atoms with Crippen LogP contribution in [0.3, 0.4) is 0 Å². The zero-order valence-electron chi connectivity index (χ0n) is 22.8. The summed E-state index contributed by atoms with van der Waals surface area (Å²) in [5, 5.41) is 25.0. The maximum Gasteiger partial charge on any atom is 0.268 e. The zero-order chi connectivity index (χ0) is 29.3. The second kappa shape index (κ2) is 10.0. The van der Waals surface area contributed by atoms with Gasteiger partial charge < -0.3 is 20.0 Å². The first-order valence-electron chi connectivity index (χ1n) is 13.9. The molecule has 7 rings (SSSR count). The van der Waals surface area contributed by atoms with Crippen LogP contribution in [0.2, 0.25) is 0 Å². The van der Waals surface area contributed by atoms with Crippen molar-refractivity contribution >= 4 is 68.6 Å². The topological polar surface area (TPSA) is 81.1 Å². The highest BCUT2D eigenvalue weighted by Gasteiger charge is 2.54. The van der Waals surface area contributed by atoms with Gasteiger partial charge in [-0.25, -0.2) is 0 Å². The average molecular weight is 620 g/mol. The van der Waals surface area contributed by atoms with Gasteiger partial charge in [0.1, 0.15) is 11.5 Å². The Bertz CT molecular complexity index is 1800. The predicted molar refractivity (Wildman–Crippen MR) is 169 cm³/mol. The molecule has 2 N–H and O–H groups in total. The molecule has 0 bridgehead atoms. The number of phenols is 1. The lowest BCUT2D eigenvalue weighted by Crippen LogP contribution is -2.47. The number of fused-ring (bicyclic) bond motifs is 6. The second-order valence-corrected chi connectivity index (χ2v) is 13.0. The molecule has 42 heavy (non-hydrogen) atoms. The Balaban J connectivity index is 1.21. The number of halogens is 2. The van der Waals surface area contributed by atoms with E-state index in [2.05, 4.69) is 0 Å². The van der Waals surface area contributed by atoms with Crippen LogP contribution < -0.4 is 4.90 Å². The lowest BCUT2D eigenvalue weighted by atomic mass is 9.71. The summed E-state index contributed by atoms with van der Waals surface area (Å²) in [6.07, 6.45) is 1.77. The standard InChI is InChI=1S/C33H28Cl2N2O4S/c1-33-12-27(39)22-7-3-5-9-24(22)30(33)20(14-35)16-37(33)31(40)18-10-28(42-17-18)32(41)36-15-19(13-34)29-23-8-4-2-6-21(23)26(38)11-25(29)36/h2-12,17,19-20,30,38-39H,13-16H2,1H3/t19-,20-,30?,33?/m1/s1. The summed E-state index contributed by atoms with van der Waals surface area (Å²) in [5.74, 6) is 0.362. The molecule has 4 aromatic rings. The van der Waals surface area contributed by atoms with Gasteiger partial charge in [-0.15, -0.1) is 34.5 Å². The van der Waals surface area contributed by atoms with Gasteiger partial charge in [0.15, 0.2) is 0 Å². The number of amides is 2. The van der Waals surface area contributed by atoms with Crippen molar-refractivity contribution in [3.8, 4) is 5.75 Å². The van der Waals surface area contributed by atoms with Crippen molar-refractivity contribution in [1.82, 2.24) is 4.90 Å². The monoisotopic (exact) mass is 618 g/mol. The lowest BCUT2D eigenvalue weighted by Gasteiger charge is -2.41. The molecule has 3 aliphatic rings. The van der Waals surface area contributed by atoms with Gasteiger partial charge in [0.05, 0.1) is 21.7 Å². The van der Waals surface area contributed by atoms with Gasteiger partial charge in [0, 0.05) is 59.1 Å². The third kappa shape index (κ3) is 3.90. The second-order valence-electron chi connectivity index (χ2n) is 11.5. The smallest absolute Gasteiger partial charge is 0.268 e. The van der Waals surface area contributed by atoms with E-state index in [9.17, 15) is 19.8 Å². The Hall–Kier alpha value is -3.52. The first-order chi connectivity index (χ1) is 20.3. The number of hydrogen-bond donors (Lipinski definition) is 2. The molecule has 1 saturated heterocycles. The largest absolute Gasteiger partial charge is 0.508 e. The van der Waals surface area contributed by atoms with Crippen molar-refractivity contribution in [2.24, 2.45) is 5.92 Å². The molecule has 2 aliphatic heterocycles. The van der Waals surface area contributed by atoms with E-state index in [4.69, 9.17) is 23.2 Å². The lowest BCUT2D eigenvalue weighted by molar-refractivity contribution is 0.0670. The molecule has 1 fully saturated rings. The number of hydrogen-bond acceptors (Lipinski definition) is 5. The number of carbonyl (C=O) groups excluding carboxylic acids is 2. The number of thiophene rings is 1. The van der Waals surface area contributed by atoms with Crippen LogP contribution in [-0.2, 0) is 0 Å². The van der Waals surface area contributed by atoms with Gasteiger partial charge in [0.25, 0.3) is 11.8 Å².